The molecule has 0 aromatic carbocycles. The Balaban J connectivity index is 2.59. The first-order valence-electron chi connectivity index (χ1n) is 5.94. The molecule has 1 N–H and O–H groups in total. The van der Waals surface area contributed by atoms with E-state index in [0.717, 1.165) is 13.1 Å². The molecule has 0 saturated carbocycles. The van der Waals surface area contributed by atoms with Crippen LogP contribution in [0.5, 0.6) is 0 Å². The van der Waals surface area contributed by atoms with Crippen LogP contribution in [-0.2, 0) is 5.41 Å². The molecule has 0 bridgehead atoms. The predicted molar refractivity (Wildman–Crippen MR) is 77.6 cm³/mol. The molecule has 16 heavy (non-hydrogen) atoms. The summed E-state index contributed by atoms with van der Waals surface area (Å²) >= 11 is 5.41. The summed E-state index contributed by atoms with van der Waals surface area (Å²) in [5, 5.41) is 3.48. The summed E-state index contributed by atoms with van der Waals surface area (Å²) in [7, 11) is 0. The Hall–Kier alpha value is 0.140. The first-order valence-corrected chi connectivity index (χ1v) is 7.55. The summed E-state index contributed by atoms with van der Waals surface area (Å²) in [6.45, 7) is 11.3. The van der Waals surface area contributed by atoms with E-state index in [0.29, 0.717) is 0 Å². The van der Waals surface area contributed by atoms with Gasteiger partial charge in [-0.1, -0.05) is 20.8 Å². The second kappa shape index (κ2) is 6.18. The Bertz CT molecular complexity index is 331. The van der Waals surface area contributed by atoms with E-state index < -0.39 is 0 Å². The standard InChI is InChI=1S/C13H22BrNS/c1-5-7-15-8-6-13(3,4)11-9-12(14)16-10(11)2/h9,15H,5-8H2,1-4H3. The Labute approximate surface area is 112 Å². The SMILES string of the molecule is CCCNCCC(C)(C)c1cc(Br)sc1C. The van der Waals surface area contributed by atoms with E-state index in [4.69, 9.17) is 0 Å². The molecule has 0 spiro atoms. The van der Waals surface area contributed by atoms with Crippen LogP contribution in [0.25, 0.3) is 0 Å². The van der Waals surface area contributed by atoms with Gasteiger partial charge in [0.2, 0.25) is 0 Å². The van der Waals surface area contributed by atoms with Crippen molar-refractivity contribution in [2.75, 3.05) is 13.1 Å². The van der Waals surface area contributed by atoms with Crippen LogP contribution in [-0.4, -0.2) is 13.1 Å². The third kappa shape index (κ3) is 3.86. The van der Waals surface area contributed by atoms with Gasteiger partial charge in [-0.15, -0.1) is 11.3 Å². The van der Waals surface area contributed by atoms with E-state index in [-0.39, 0.29) is 5.41 Å². The second-order valence-electron chi connectivity index (χ2n) is 4.90. The maximum Gasteiger partial charge on any atom is 0.0704 e. The van der Waals surface area contributed by atoms with Crippen molar-refractivity contribution in [1.82, 2.24) is 5.32 Å². The zero-order valence-corrected chi connectivity index (χ0v) is 13.1. The highest BCUT2D eigenvalue weighted by atomic mass is 79.9. The minimum atomic E-state index is 0.271. The highest BCUT2D eigenvalue weighted by Crippen LogP contribution is 2.36. The van der Waals surface area contributed by atoms with Crippen molar-refractivity contribution in [1.29, 1.82) is 0 Å². The Kier molecular flexibility index (Phi) is 5.48. The molecule has 0 amide bonds. The molecule has 1 aromatic heterocycles. The summed E-state index contributed by atoms with van der Waals surface area (Å²) in [4.78, 5) is 1.44. The summed E-state index contributed by atoms with van der Waals surface area (Å²) in [5.74, 6) is 0. The van der Waals surface area contributed by atoms with Gasteiger partial charge in [-0.05, 0) is 65.8 Å². The van der Waals surface area contributed by atoms with Crippen LogP contribution in [0.1, 0.15) is 44.1 Å². The molecule has 0 unspecified atom stereocenters. The van der Waals surface area contributed by atoms with Gasteiger partial charge < -0.3 is 5.32 Å². The van der Waals surface area contributed by atoms with Crippen LogP contribution in [0.2, 0.25) is 0 Å². The van der Waals surface area contributed by atoms with Crippen molar-refractivity contribution in [3.63, 3.8) is 0 Å². The molecule has 1 heterocycles. The Morgan fingerprint density at radius 2 is 2.06 bits per heavy atom. The van der Waals surface area contributed by atoms with E-state index in [1.165, 1.54) is 27.1 Å². The lowest BCUT2D eigenvalue weighted by molar-refractivity contribution is 0.456. The number of hydrogen-bond donors (Lipinski definition) is 1. The van der Waals surface area contributed by atoms with Gasteiger partial charge in [0.15, 0.2) is 0 Å². The number of thiophene rings is 1. The largest absolute Gasteiger partial charge is 0.317 e. The number of aryl methyl sites for hydroxylation is 1. The molecule has 0 aliphatic carbocycles. The molecule has 92 valence electrons. The van der Waals surface area contributed by atoms with Gasteiger partial charge in [-0.25, -0.2) is 0 Å². The van der Waals surface area contributed by atoms with Crippen molar-refractivity contribution >= 4 is 27.3 Å². The van der Waals surface area contributed by atoms with Gasteiger partial charge in [0.05, 0.1) is 3.79 Å². The van der Waals surface area contributed by atoms with Crippen molar-refractivity contribution in [3.8, 4) is 0 Å². The van der Waals surface area contributed by atoms with Gasteiger partial charge in [0, 0.05) is 4.88 Å². The average molecular weight is 304 g/mol. The maximum absolute atomic E-state index is 3.57. The van der Waals surface area contributed by atoms with Gasteiger partial charge in [-0.3, -0.25) is 0 Å². The van der Waals surface area contributed by atoms with Gasteiger partial charge in [0.1, 0.15) is 0 Å². The van der Waals surface area contributed by atoms with Crippen LogP contribution in [0, 0.1) is 6.92 Å². The lowest BCUT2D eigenvalue weighted by Crippen LogP contribution is -2.26. The topological polar surface area (TPSA) is 12.0 Å². The molecule has 0 fully saturated rings. The van der Waals surface area contributed by atoms with Crippen molar-refractivity contribution < 1.29 is 0 Å². The van der Waals surface area contributed by atoms with E-state index in [9.17, 15) is 0 Å². The first-order chi connectivity index (χ1) is 7.47. The summed E-state index contributed by atoms with van der Waals surface area (Å²) in [6.07, 6.45) is 2.40. The highest BCUT2D eigenvalue weighted by Gasteiger charge is 2.23. The van der Waals surface area contributed by atoms with E-state index in [2.05, 4.69) is 55.0 Å². The molecule has 0 radical (unpaired) electrons. The summed E-state index contributed by atoms with van der Waals surface area (Å²) < 4.78 is 1.24. The number of hydrogen-bond acceptors (Lipinski definition) is 2. The first kappa shape index (κ1) is 14.2. The third-order valence-corrected chi connectivity index (χ3v) is 4.52. The lowest BCUT2D eigenvalue weighted by atomic mass is 9.82. The second-order valence-corrected chi connectivity index (χ2v) is 7.54. The highest BCUT2D eigenvalue weighted by molar-refractivity contribution is 9.11. The molecule has 0 atom stereocenters. The van der Waals surface area contributed by atoms with Crippen molar-refractivity contribution in [2.45, 2.75) is 46.0 Å². The van der Waals surface area contributed by atoms with E-state index in [1.807, 2.05) is 11.3 Å². The van der Waals surface area contributed by atoms with Crippen molar-refractivity contribution in [3.05, 3.63) is 20.3 Å². The summed E-state index contributed by atoms with van der Waals surface area (Å²) in [5.41, 5.74) is 1.76. The molecular formula is C13H22BrNS. The Morgan fingerprint density at radius 3 is 2.56 bits per heavy atom. The zero-order chi connectivity index (χ0) is 12.2. The molecule has 1 aromatic rings. The van der Waals surface area contributed by atoms with Crippen molar-refractivity contribution in [2.24, 2.45) is 0 Å². The number of rotatable bonds is 6. The van der Waals surface area contributed by atoms with Gasteiger partial charge >= 0.3 is 0 Å². The number of nitrogens with one attached hydrogen (secondary N) is 1. The minimum absolute atomic E-state index is 0.271. The predicted octanol–water partition coefficient (Wildman–Crippen LogP) is 4.49. The smallest absolute Gasteiger partial charge is 0.0704 e. The van der Waals surface area contributed by atoms with E-state index >= 15 is 0 Å². The van der Waals surface area contributed by atoms with Gasteiger partial charge in [-0.2, -0.15) is 0 Å². The summed E-state index contributed by atoms with van der Waals surface area (Å²) in [6, 6.07) is 2.28. The average Bonchev–Trinajstić information content (AvgIpc) is 2.53. The fraction of sp³-hybridized carbons (Fsp3) is 0.692. The van der Waals surface area contributed by atoms with Crippen LogP contribution in [0.3, 0.4) is 0 Å². The van der Waals surface area contributed by atoms with Crippen LogP contribution < -0.4 is 5.32 Å². The van der Waals surface area contributed by atoms with E-state index in [1.54, 1.807) is 0 Å². The lowest BCUT2D eigenvalue weighted by Gasteiger charge is -2.25. The fourth-order valence-corrected chi connectivity index (χ4v) is 3.83. The molecule has 3 heteroatoms. The van der Waals surface area contributed by atoms with Gasteiger partial charge in [0.25, 0.3) is 0 Å². The Morgan fingerprint density at radius 1 is 1.38 bits per heavy atom. The minimum Gasteiger partial charge on any atom is -0.317 e. The molecule has 0 saturated heterocycles. The monoisotopic (exact) mass is 303 g/mol. The molecule has 0 aliphatic heterocycles. The normalized spacial score (nSPS) is 12.1. The van der Waals surface area contributed by atoms with Crippen LogP contribution in [0.4, 0.5) is 0 Å². The molecular weight excluding hydrogens is 282 g/mol. The van der Waals surface area contributed by atoms with Crippen LogP contribution >= 0.6 is 27.3 Å². The number of halogens is 1. The fourth-order valence-electron chi connectivity index (χ4n) is 1.96. The third-order valence-electron chi connectivity index (χ3n) is 2.97. The molecule has 0 aliphatic rings. The maximum atomic E-state index is 3.57. The molecule has 1 nitrogen and oxygen atoms in total. The van der Waals surface area contributed by atoms with Crippen LogP contribution in [0.15, 0.2) is 9.85 Å². The zero-order valence-electron chi connectivity index (χ0n) is 10.7. The quantitative estimate of drug-likeness (QED) is 0.764. The molecule has 1 rings (SSSR count).